The van der Waals surface area contributed by atoms with Crippen LogP contribution in [-0.2, 0) is 40.3 Å². The maximum atomic E-state index is 14.2. The minimum atomic E-state index is -0.482. The first-order valence-electron chi connectivity index (χ1n) is 10.6. The summed E-state index contributed by atoms with van der Waals surface area (Å²) < 4.78 is 27.2. The van der Waals surface area contributed by atoms with Gasteiger partial charge in [-0.25, -0.2) is 9.18 Å². The average Bonchev–Trinajstić information content (AvgIpc) is 3.06. The number of carbonyl (C=O) groups excluding carboxylic acids is 2. The lowest BCUT2D eigenvalue weighted by Gasteiger charge is -2.24. The van der Waals surface area contributed by atoms with E-state index in [1.54, 1.807) is 6.92 Å². The van der Waals surface area contributed by atoms with Crippen molar-refractivity contribution in [2.45, 2.75) is 45.4 Å². The van der Waals surface area contributed by atoms with Crippen LogP contribution in [0.3, 0.4) is 0 Å². The molecule has 1 heterocycles. The van der Waals surface area contributed by atoms with E-state index in [1.807, 2.05) is 34.9 Å². The first-order valence-corrected chi connectivity index (χ1v) is 11.4. The van der Waals surface area contributed by atoms with Gasteiger partial charge in [-0.3, -0.25) is 4.79 Å². The average molecular weight is 503 g/mol. The van der Waals surface area contributed by atoms with E-state index in [0.717, 1.165) is 27.7 Å². The molecule has 0 bridgehead atoms. The fourth-order valence-corrected chi connectivity index (χ4v) is 4.91. The van der Waals surface area contributed by atoms with Crippen LogP contribution >= 0.6 is 15.9 Å². The van der Waals surface area contributed by atoms with Crippen molar-refractivity contribution in [3.63, 3.8) is 0 Å². The van der Waals surface area contributed by atoms with Crippen molar-refractivity contribution in [1.82, 2.24) is 9.88 Å². The molecule has 3 aromatic rings. The number of ether oxygens (including phenoxy) is 2. The van der Waals surface area contributed by atoms with Gasteiger partial charge in [0.05, 0.1) is 12.1 Å². The van der Waals surface area contributed by atoms with Crippen molar-refractivity contribution >= 4 is 38.9 Å². The van der Waals surface area contributed by atoms with Crippen molar-refractivity contribution in [1.29, 1.82) is 0 Å². The Labute approximate surface area is 193 Å². The number of esters is 1. The highest BCUT2D eigenvalue weighted by Crippen LogP contribution is 2.36. The van der Waals surface area contributed by atoms with E-state index in [1.165, 1.54) is 12.1 Å². The molecule has 168 valence electrons. The maximum Gasteiger partial charge on any atom is 0.407 e. The molecule has 1 N–H and O–H groups in total. The van der Waals surface area contributed by atoms with Crippen LogP contribution < -0.4 is 5.32 Å². The largest absolute Gasteiger partial charge is 0.465 e. The van der Waals surface area contributed by atoms with Gasteiger partial charge in [-0.2, -0.15) is 0 Å². The van der Waals surface area contributed by atoms with Gasteiger partial charge in [0.25, 0.3) is 0 Å². The second kappa shape index (κ2) is 9.73. The van der Waals surface area contributed by atoms with Crippen LogP contribution in [0.2, 0.25) is 0 Å². The normalized spacial score (nSPS) is 15.3. The van der Waals surface area contributed by atoms with Crippen LogP contribution in [0.15, 0.2) is 46.9 Å². The van der Waals surface area contributed by atoms with E-state index in [2.05, 4.69) is 21.2 Å². The van der Waals surface area contributed by atoms with Gasteiger partial charge in [-0.1, -0.05) is 30.3 Å². The van der Waals surface area contributed by atoms with E-state index < -0.39 is 6.09 Å². The Balaban J connectivity index is 1.54. The van der Waals surface area contributed by atoms with E-state index in [0.29, 0.717) is 30.3 Å². The fraction of sp³-hybridized carbons (Fsp3) is 0.333. The Morgan fingerprint density at radius 1 is 1.22 bits per heavy atom. The zero-order chi connectivity index (χ0) is 22.7. The Hall–Kier alpha value is -2.87. The summed E-state index contributed by atoms with van der Waals surface area (Å²) in [6.07, 6.45) is 1.37. The molecule has 32 heavy (non-hydrogen) atoms. The molecule has 2 aromatic carbocycles. The molecule has 0 saturated heterocycles. The van der Waals surface area contributed by atoms with Crippen molar-refractivity contribution in [2.75, 3.05) is 6.61 Å². The third kappa shape index (κ3) is 4.80. The Morgan fingerprint density at radius 2 is 2.00 bits per heavy atom. The van der Waals surface area contributed by atoms with Gasteiger partial charge in [0.2, 0.25) is 0 Å². The lowest BCUT2D eigenvalue weighted by Crippen LogP contribution is -2.39. The summed E-state index contributed by atoms with van der Waals surface area (Å²) in [5.41, 5.74) is 3.58. The second-order valence-corrected chi connectivity index (χ2v) is 8.60. The molecule has 6 nitrogen and oxygen atoms in total. The highest BCUT2D eigenvalue weighted by molar-refractivity contribution is 9.10. The Kier molecular flexibility index (Phi) is 6.79. The summed E-state index contributed by atoms with van der Waals surface area (Å²) in [5, 5.41) is 3.66. The number of rotatable bonds is 6. The van der Waals surface area contributed by atoms with E-state index in [4.69, 9.17) is 9.47 Å². The molecule has 1 amide bonds. The fourth-order valence-electron chi connectivity index (χ4n) is 4.26. The first-order chi connectivity index (χ1) is 15.5. The second-order valence-electron chi connectivity index (χ2n) is 7.75. The predicted octanol–water partition coefficient (Wildman–Crippen LogP) is 4.89. The number of hydrogen-bond acceptors (Lipinski definition) is 4. The molecule has 4 rings (SSSR count). The third-order valence-corrected chi connectivity index (χ3v) is 6.21. The highest BCUT2D eigenvalue weighted by Gasteiger charge is 2.28. The number of hydrogen-bond donors (Lipinski definition) is 1. The zero-order valence-electron chi connectivity index (χ0n) is 17.7. The zero-order valence-corrected chi connectivity index (χ0v) is 19.3. The van der Waals surface area contributed by atoms with Gasteiger partial charge in [0.15, 0.2) is 0 Å². The third-order valence-electron chi connectivity index (χ3n) is 5.60. The van der Waals surface area contributed by atoms with Crippen LogP contribution in [0.1, 0.15) is 30.2 Å². The standard InChI is InChI=1S/C24H24BrFN2O4/c1-2-31-22(29)13-28-21-9-8-17(27-24(30)32-14-15-6-4-3-5-7-15)12-18(21)19-10-16(26)11-20(25)23(19)28/h3-7,10-11,17H,2,8-9,12-14H2,1H3,(H,27,30). The summed E-state index contributed by atoms with van der Waals surface area (Å²) in [6, 6.07) is 12.2. The van der Waals surface area contributed by atoms with E-state index >= 15 is 0 Å². The van der Waals surface area contributed by atoms with Gasteiger partial charge < -0.3 is 19.4 Å². The van der Waals surface area contributed by atoms with Crippen molar-refractivity contribution < 1.29 is 23.5 Å². The molecule has 0 aliphatic heterocycles. The molecule has 0 radical (unpaired) electrons. The lowest BCUT2D eigenvalue weighted by molar-refractivity contribution is -0.143. The van der Waals surface area contributed by atoms with Crippen molar-refractivity contribution in [3.05, 3.63) is 69.6 Å². The Morgan fingerprint density at radius 3 is 2.75 bits per heavy atom. The smallest absolute Gasteiger partial charge is 0.407 e. The highest BCUT2D eigenvalue weighted by atomic mass is 79.9. The molecular weight excluding hydrogens is 479 g/mol. The van der Waals surface area contributed by atoms with Crippen molar-refractivity contribution in [2.24, 2.45) is 0 Å². The monoisotopic (exact) mass is 502 g/mol. The number of halogens is 2. The topological polar surface area (TPSA) is 69.6 Å². The minimum Gasteiger partial charge on any atom is -0.465 e. The number of benzene rings is 2. The van der Waals surface area contributed by atoms with Gasteiger partial charge in [0, 0.05) is 21.6 Å². The number of nitrogens with zero attached hydrogens (tertiary/aromatic N) is 1. The van der Waals surface area contributed by atoms with Crippen LogP contribution in [-0.4, -0.2) is 29.3 Å². The van der Waals surface area contributed by atoms with Crippen LogP contribution in [0, 0.1) is 5.82 Å². The minimum absolute atomic E-state index is 0.0567. The van der Waals surface area contributed by atoms with Gasteiger partial charge in [0.1, 0.15) is 19.0 Å². The summed E-state index contributed by atoms with van der Waals surface area (Å²) >= 11 is 3.45. The molecule has 1 aliphatic rings. The molecular formula is C24H24BrFN2O4. The molecule has 1 unspecified atom stereocenters. The number of carbonyl (C=O) groups is 2. The van der Waals surface area contributed by atoms with Crippen LogP contribution in [0.25, 0.3) is 10.9 Å². The predicted molar refractivity (Wildman–Crippen MR) is 122 cm³/mol. The summed E-state index contributed by atoms with van der Waals surface area (Å²) in [7, 11) is 0. The quantitative estimate of drug-likeness (QED) is 0.487. The summed E-state index contributed by atoms with van der Waals surface area (Å²) in [5.74, 6) is -0.703. The molecule has 0 saturated carbocycles. The van der Waals surface area contributed by atoms with Gasteiger partial charge in [-0.15, -0.1) is 0 Å². The molecule has 8 heteroatoms. The number of nitrogens with one attached hydrogen (secondary N) is 1. The van der Waals surface area contributed by atoms with E-state index in [-0.39, 0.29) is 31.0 Å². The number of alkyl carbamates (subject to hydrolysis) is 1. The number of aromatic nitrogens is 1. The molecule has 1 aromatic heterocycles. The lowest BCUT2D eigenvalue weighted by atomic mass is 9.91. The summed E-state index contributed by atoms with van der Waals surface area (Å²) in [4.78, 5) is 24.5. The maximum absolute atomic E-state index is 14.2. The SMILES string of the molecule is CCOC(=O)Cn1c2c(c3cc(F)cc(Br)c31)CC(NC(=O)OCc1ccccc1)CC2. The first kappa shape index (κ1) is 22.3. The van der Waals surface area contributed by atoms with Crippen LogP contribution in [0.4, 0.5) is 9.18 Å². The van der Waals surface area contributed by atoms with Gasteiger partial charge in [-0.05, 0) is 65.4 Å². The van der Waals surface area contributed by atoms with Crippen molar-refractivity contribution in [3.8, 4) is 0 Å². The summed E-state index contributed by atoms with van der Waals surface area (Å²) in [6.45, 7) is 2.31. The van der Waals surface area contributed by atoms with Gasteiger partial charge >= 0.3 is 12.1 Å². The molecule has 1 aliphatic carbocycles. The van der Waals surface area contributed by atoms with Crippen LogP contribution in [0.5, 0.6) is 0 Å². The number of fused-ring (bicyclic) bond motifs is 3. The van der Waals surface area contributed by atoms with E-state index in [9.17, 15) is 14.0 Å². The molecule has 0 fully saturated rings. The Bertz CT molecular complexity index is 1150. The molecule has 1 atom stereocenters. The number of amides is 1. The molecule has 0 spiro atoms.